The molecule has 18 atom stereocenters. The minimum absolute atomic E-state index is 0. The molecule has 0 amide bonds. The average Bonchev–Trinajstić information content (AvgIpc) is 3.20. The molecule has 1 saturated heterocycles. The van der Waals surface area contributed by atoms with Gasteiger partial charge in [-0.25, -0.2) is 8.42 Å². The van der Waals surface area contributed by atoms with E-state index in [0.29, 0.717) is 38.5 Å². The van der Waals surface area contributed by atoms with Crippen molar-refractivity contribution in [2.24, 2.45) is 46.3 Å². The number of aliphatic hydroxyl groups excluding tert-OH is 7. The third-order valence-electron chi connectivity index (χ3n) is 13.0. The number of hydrogen-bond acceptors (Lipinski definition) is 14. The Morgan fingerprint density at radius 1 is 0.959 bits per heavy atom. The molecule has 5 fully saturated rings. The summed E-state index contributed by atoms with van der Waals surface area (Å²) in [6, 6.07) is 0. The Bertz CT molecular complexity index is 1270. The van der Waals surface area contributed by atoms with E-state index in [-0.39, 0.29) is 77.6 Å². The molecular weight excluding hydrogens is 675 g/mol. The SMILES string of the molecule is CC(/C=C/[C@@H](C)[C@H]1[C@@H](O)[C@@H](O)C2[C@]3(O)C[C@H](O)C4C[C@@H](O)CC[C@]4(C)C3CC[C@@]21C)CCOC1OC(CO)C(OS(=O)(=O)[O-])C(O)C1O.[Na+]. The molecule has 278 valence electrons. The number of fused-ring (bicyclic) bond motifs is 5. The van der Waals surface area contributed by atoms with Gasteiger partial charge in [-0.3, -0.25) is 4.18 Å². The Balaban J connectivity index is 0.00000541. The molecule has 0 aromatic rings. The van der Waals surface area contributed by atoms with Gasteiger partial charge in [0.2, 0.25) is 10.4 Å². The van der Waals surface area contributed by atoms with Crippen LogP contribution in [0.4, 0.5) is 0 Å². The Morgan fingerprint density at radius 3 is 2.24 bits per heavy atom. The minimum atomic E-state index is -5.25. The van der Waals surface area contributed by atoms with Gasteiger partial charge in [0, 0.05) is 12.3 Å². The molecule has 8 N–H and O–H groups in total. The van der Waals surface area contributed by atoms with Crippen LogP contribution in [-0.4, -0.2) is 128 Å². The normalized spacial score (nSPS) is 49.8. The fourth-order valence-corrected chi connectivity index (χ4v) is 11.3. The van der Waals surface area contributed by atoms with Gasteiger partial charge in [0.05, 0.1) is 43.2 Å². The third-order valence-corrected chi connectivity index (χ3v) is 13.5. The first-order valence-electron chi connectivity index (χ1n) is 17.3. The molecule has 0 spiro atoms. The van der Waals surface area contributed by atoms with Gasteiger partial charge in [0.1, 0.15) is 24.4 Å². The summed E-state index contributed by atoms with van der Waals surface area (Å²) < 4.78 is 48.3. The fourth-order valence-electron chi connectivity index (χ4n) is 10.8. The Morgan fingerprint density at radius 2 is 1.61 bits per heavy atom. The Kier molecular flexibility index (Phi) is 13.3. The van der Waals surface area contributed by atoms with Crippen LogP contribution in [0.1, 0.15) is 72.6 Å². The van der Waals surface area contributed by atoms with Crippen LogP contribution >= 0.6 is 0 Å². The van der Waals surface area contributed by atoms with Gasteiger partial charge < -0.3 is 54.9 Å². The molecule has 0 aromatic carbocycles. The summed E-state index contributed by atoms with van der Waals surface area (Å²) in [6.07, 6.45) is -4.16. The third kappa shape index (κ3) is 7.76. The molecule has 16 heteroatoms. The quantitative estimate of drug-likeness (QED) is 0.0472. The summed E-state index contributed by atoms with van der Waals surface area (Å²) in [5, 5.41) is 87.4. The predicted molar refractivity (Wildman–Crippen MR) is 167 cm³/mol. The molecule has 5 rings (SSSR count). The van der Waals surface area contributed by atoms with Crippen LogP contribution < -0.4 is 29.6 Å². The first kappa shape index (κ1) is 42.0. The van der Waals surface area contributed by atoms with Crippen molar-refractivity contribution in [1.29, 1.82) is 0 Å². The van der Waals surface area contributed by atoms with E-state index in [4.69, 9.17) is 9.47 Å². The monoisotopic (exact) mass is 730 g/mol. The average molecular weight is 731 g/mol. The molecular formula is C33H55NaO14S. The van der Waals surface area contributed by atoms with Crippen LogP contribution in [-0.2, 0) is 24.1 Å². The summed E-state index contributed by atoms with van der Waals surface area (Å²) in [4.78, 5) is 0. The van der Waals surface area contributed by atoms with Crippen molar-refractivity contribution in [3.05, 3.63) is 12.2 Å². The summed E-state index contributed by atoms with van der Waals surface area (Å²) in [5.41, 5.74) is -2.36. The number of rotatable bonds is 10. The number of aliphatic hydroxyl groups is 8. The van der Waals surface area contributed by atoms with E-state index < -0.39 is 89.1 Å². The molecule has 4 aliphatic carbocycles. The van der Waals surface area contributed by atoms with Gasteiger partial charge in [0.15, 0.2) is 6.29 Å². The van der Waals surface area contributed by atoms with Crippen molar-refractivity contribution in [3.63, 3.8) is 0 Å². The zero-order valence-electron chi connectivity index (χ0n) is 29.1. The molecule has 0 radical (unpaired) electrons. The van der Waals surface area contributed by atoms with Crippen LogP contribution in [0.5, 0.6) is 0 Å². The Hall–Kier alpha value is 0.210. The van der Waals surface area contributed by atoms with Crippen molar-refractivity contribution in [3.8, 4) is 0 Å². The zero-order valence-corrected chi connectivity index (χ0v) is 31.9. The standard InChI is InChI=1S/C33H56O14S.Na/c1-16(9-12-45-30-27(40)25(38)28(21(15-34)46-30)47-48(42,43)44)5-6-17(2)23-24(37)26(39)29-32(23,4)11-8-22-31(3)10-7-18(35)13-19(31)20(36)14-33(22,29)41;/h5-6,16-30,34-41H,7-15H2,1-4H3,(H,42,43,44);/q;+1/p-1/b6-5+;/t16?,17-,18+,19?,20+,21?,22?,23+,24-,25?,26-,27?,28?,29?,30?,31+,32-,33+;/m1./s1. The van der Waals surface area contributed by atoms with Gasteiger partial charge in [-0.15, -0.1) is 0 Å². The van der Waals surface area contributed by atoms with E-state index in [1.165, 1.54) is 0 Å². The number of hydrogen-bond donors (Lipinski definition) is 8. The smallest absolute Gasteiger partial charge is 0.726 e. The second-order valence-corrected chi connectivity index (χ2v) is 17.0. The number of ether oxygens (including phenoxy) is 2. The van der Waals surface area contributed by atoms with Gasteiger partial charge in [-0.1, -0.05) is 39.8 Å². The molecule has 0 bridgehead atoms. The second kappa shape index (κ2) is 15.5. The van der Waals surface area contributed by atoms with Crippen LogP contribution in [0.3, 0.4) is 0 Å². The summed E-state index contributed by atoms with van der Waals surface area (Å²) in [5.74, 6) is -1.56. The fraction of sp³-hybridized carbons (Fsp3) is 0.939. The molecule has 1 heterocycles. The first-order chi connectivity index (χ1) is 22.3. The molecule has 14 nitrogen and oxygen atoms in total. The van der Waals surface area contributed by atoms with Crippen LogP contribution in [0.25, 0.3) is 0 Å². The first-order valence-corrected chi connectivity index (χ1v) is 18.6. The molecule has 9 unspecified atom stereocenters. The van der Waals surface area contributed by atoms with Crippen LogP contribution in [0.2, 0.25) is 0 Å². The zero-order chi connectivity index (χ0) is 35.6. The van der Waals surface area contributed by atoms with Crippen molar-refractivity contribution in [1.82, 2.24) is 0 Å². The van der Waals surface area contributed by atoms with E-state index in [2.05, 4.69) is 11.1 Å². The maximum Gasteiger partial charge on any atom is 1.00 e. The predicted octanol–water partition coefficient (Wildman–Crippen LogP) is -3.44. The summed E-state index contributed by atoms with van der Waals surface area (Å²) in [7, 11) is -5.25. The van der Waals surface area contributed by atoms with Gasteiger partial charge in [0.25, 0.3) is 0 Å². The Labute approximate surface area is 311 Å². The number of allylic oxidation sites excluding steroid dienone is 2. The van der Waals surface area contributed by atoms with Crippen LogP contribution in [0, 0.1) is 46.3 Å². The van der Waals surface area contributed by atoms with Gasteiger partial charge >= 0.3 is 29.6 Å². The second-order valence-electron chi connectivity index (χ2n) is 15.9. The van der Waals surface area contributed by atoms with E-state index in [1.54, 1.807) is 0 Å². The van der Waals surface area contributed by atoms with Gasteiger partial charge in [-0.2, -0.15) is 0 Å². The van der Waals surface area contributed by atoms with Crippen molar-refractivity contribution in [2.75, 3.05) is 13.2 Å². The minimum Gasteiger partial charge on any atom is -0.726 e. The molecule has 0 aromatic heterocycles. The maximum atomic E-state index is 12.5. The molecule has 5 aliphatic rings. The van der Waals surface area contributed by atoms with E-state index in [0.717, 1.165) is 0 Å². The van der Waals surface area contributed by atoms with Gasteiger partial charge in [-0.05, 0) is 78.9 Å². The summed E-state index contributed by atoms with van der Waals surface area (Å²) in [6.45, 7) is 7.30. The largest absolute Gasteiger partial charge is 1.00 e. The topological polar surface area (TPSA) is 247 Å². The summed E-state index contributed by atoms with van der Waals surface area (Å²) >= 11 is 0. The van der Waals surface area contributed by atoms with Crippen LogP contribution in [0.15, 0.2) is 12.2 Å². The molecule has 1 aliphatic heterocycles. The molecule has 49 heavy (non-hydrogen) atoms. The van der Waals surface area contributed by atoms with Crippen molar-refractivity contribution >= 4 is 10.4 Å². The van der Waals surface area contributed by atoms with Crippen molar-refractivity contribution < 1.29 is 97.0 Å². The molecule has 4 saturated carbocycles. The van der Waals surface area contributed by atoms with E-state index in [9.17, 15) is 53.8 Å². The maximum absolute atomic E-state index is 12.5. The van der Waals surface area contributed by atoms with Crippen molar-refractivity contribution in [2.45, 2.75) is 133 Å². The van der Waals surface area contributed by atoms with E-state index >= 15 is 0 Å². The van der Waals surface area contributed by atoms with E-state index in [1.807, 2.05) is 32.9 Å².